The Bertz CT molecular complexity index is 1060. The Kier molecular flexibility index (Phi) is 8.56. The molecule has 188 valence electrons. The van der Waals surface area contributed by atoms with Crippen LogP contribution in [0.5, 0.6) is 5.75 Å². The summed E-state index contributed by atoms with van der Waals surface area (Å²) in [6.07, 6.45) is 2.29. The van der Waals surface area contributed by atoms with E-state index in [4.69, 9.17) is 0 Å². The second-order valence-electron chi connectivity index (χ2n) is 8.34. The third-order valence-electron chi connectivity index (χ3n) is 5.98. The van der Waals surface area contributed by atoms with Crippen LogP contribution in [-0.4, -0.2) is 36.4 Å². The molecule has 1 fully saturated rings. The third kappa shape index (κ3) is 6.43. The SMILES string of the molecule is CCC[C@H](NC(=O)c1cccc([N+](=O)[O-])c1NC1CC(C(=O)NC)C1)c1ccc(OC(F)F)cc1. The minimum absolute atomic E-state index is 0.00560. The van der Waals surface area contributed by atoms with Gasteiger partial charge in [-0.2, -0.15) is 8.78 Å². The summed E-state index contributed by atoms with van der Waals surface area (Å²) < 4.78 is 29.2. The van der Waals surface area contributed by atoms with Crippen molar-refractivity contribution in [2.24, 2.45) is 5.92 Å². The lowest BCUT2D eigenvalue weighted by atomic mass is 9.79. The number of hydrogen-bond donors (Lipinski definition) is 3. The van der Waals surface area contributed by atoms with Crippen LogP contribution < -0.4 is 20.7 Å². The largest absolute Gasteiger partial charge is 0.435 e. The number of para-hydroxylation sites is 1. The summed E-state index contributed by atoms with van der Waals surface area (Å²) in [6.45, 7) is -0.998. The van der Waals surface area contributed by atoms with Gasteiger partial charge in [-0.3, -0.25) is 19.7 Å². The van der Waals surface area contributed by atoms with Crippen LogP contribution >= 0.6 is 0 Å². The van der Waals surface area contributed by atoms with Gasteiger partial charge in [-0.1, -0.05) is 31.5 Å². The van der Waals surface area contributed by atoms with Gasteiger partial charge in [0.1, 0.15) is 11.4 Å². The average Bonchev–Trinajstić information content (AvgIpc) is 2.80. The van der Waals surface area contributed by atoms with E-state index < -0.39 is 23.5 Å². The van der Waals surface area contributed by atoms with Gasteiger partial charge in [0.25, 0.3) is 11.6 Å². The first kappa shape index (κ1) is 25.9. The zero-order valence-corrected chi connectivity index (χ0v) is 19.4. The molecule has 0 bridgehead atoms. The summed E-state index contributed by atoms with van der Waals surface area (Å²) in [5.41, 5.74) is 0.670. The molecule has 1 saturated carbocycles. The van der Waals surface area contributed by atoms with Crippen LogP contribution in [0.25, 0.3) is 0 Å². The molecule has 0 unspecified atom stereocenters. The highest BCUT2D eigenvalue weighted by Gasteiger charge is 2.36. The summed E-state index contributed by atoms with van der Waals surface area (Å²) in [4.78, 5) is 36.1. The molecule has 1 aliphatic carbocycles. The number of nitrogens with zero attached hydrogens (tertiary/aromatic N) is 1. The van der Waals surface area contributed by atoms with Crippen LogP contribution in [0.2, 0.25) is 0 Å². The summed E-state index contributed by atoms with van der Waals surface area (Å²) in [6, 6.07) is 9.63. The number of carbonyl (C=O) groups is 2. The quantitative estimate of drug-likeness (QED) is 0.317. The molecule has 11 heteroatoms. The van der Waals surface area contributed by atoms with Crippen molar-refractivity contribution in [1.29, 1.82) is 0 Å². The molecule has 0 spiro atoms. The Morgan fingerprint density at radius 3 is 2.43 bits per heavy atom. The van der Waals surface area contributed by atoms with Gasteiger partial charge in [0.15, 0.2) is 0 Å². The molecule has 1 aliphatic rings. The lowest BCUT2D eigenvalue weighted by molar-refractivity contribution is -0.384. The van der Waals surface area contributed by atoms with E-state index in [2.05, 4.69) is 20.7 Å². The van der Waals surface area contributed by atoms with Crippen molar-refractivity contribution in [2.45, 2.75) is 51.3 Å². The number of rotatable bonds is 11. The van der Waals surface area contributed by atoms with Gasteiger partial charge in [-0.15, -0.1) is 0 Å². The Morgan fingerprint density at radius 2 is 1.86 bits per heavy atom. The number of ether oxygens (including phenoxy) is 1. The second kappa shape index (κ2) is 11.6. The summed E-state index contributed by atoms with van der Waals surface area (Å²) in [5, 5.41) is 20.2. The predicted octanol–water partition coefficient (Wildman–Crippen LogP) is 4.40. The van der Waals surface area contributed by atoms with E-state index >= 15 is 0 Å². The molecule has 1 atom stereocenters. The predicted molar refractivity (Wildman–Crippen MR) is 125 cm³/mol. The smallest absolute Gasteiger partial charge is 0.387 e. The van der Waals surface area contributed by atoms with Crippen LogP contribution in [0, 0.1) is 16.0 Å². The van der Waals surface area contributed by atoms with Crippen molar-refractivity contribution >= 4 is 23.2 Å². The maximum Gasteiger partial charge on any atom is 0.387 e. The van der Waals surface area contributed by atoms with E-state index in [9.17, 15) is 28.5 Å². The van der Waals surface area contributed by atoms with E-state index in [1.54, 1.807) is 19.2 Å². The molecule has 0 radical (unpaired) electrons. The molecular formula is C24H28F2N4O5. The van der Waals surface area contributed by atoms with Crippen molar-refractivity contribution in [3.8, 4) is 5.75 Å². The molecule has 2 aromatic rings. The topological polar surface area (TPSA) is 123 Å². The molecule has 0 heterocycles. The van der Waals surface area contributed by atoms with Crippen LogP contribution in [0.4, 0.5) is 20.2 Å². The van der Waals surface area contributed by atoms with E-state index in [0.29, 0.717) is 24.8 Å². The number of benzene rings is 2. The zero-order valence-electron chi connectivity index (χ0n) is 19.4. The van der Waals surface area contributed by atoms with E-state index in [-0.39, 0.29) is 40.6 Å². The molecular weight excluding hydrogens is 462 g/mol. The molecule has 2 amide bonds. The monoisotopic (exact) mass is 490 g/mol. The Labute approximate surface area is 201 Å². The molecule has 0 aliphatic heterocycles. The van der Waals surface area contributed by atoms with Crippen molar-refractivity contribution in [3.05, 3.63) is 63.7 Å². The maximum atomic E-state index is 13.3. The number of hydrogen-bond acceptors (Lipinski definition) is 6. The fourth-order valence-electron chi connectivity index (χ4n) is 4.12. The third-order valence-corrected chi connectivity index (χ3v) is 5.98. The van der Waals surface area contributed by atoms with Crippen LogP contribution in [-0.2, 0) is 4.79 Å². The molecule has 35 heavy (non-hydrogen) atoms. The normalized spacial score (nSPS) is 17.7. The summed E-state index contributed by atoms with van der Waals surface area (Å²) in [5.74, 6) is -0.768. The van der Waals surface area contributed by atoms with E-state index in [0.717, 1.165) is 6.42 Å². The highest BCUT2D eigenvalue weighted by Crippen LogP contribution is 2.36. The van der Waals surface area contributed by atoms with Crippen LogP contribution in [0.1, 0.15) is 54.6 Å². The lowest BCUT2D eigenvalue weighted by Gasteiger charge is -2.35. The number of amides is 2. The van der Waals surface area contributed by atoms with Gasteiger partial charge in [0, 0.05) is 25.1 Å². The van der Waals surface area contributed by atoms with Gasteiger partial charge >= 0.3 is 6.61 Å². The number of alkyl halides is 2. The summed E-state index contributed by atoms with van der Waals surface area (Å²) in [7, 11) is 1.56. The highest BCUT2D eigenvalue weighted by atomic mass is 19.3. The first-order valence-electron chi connectivity index (χ1n) is 11.3. The fourth-order valence-corrected chi connectivity index (χ4v) is 4.12. The second-order valence-corrected chi connectivity index (χ2v) is 8.34. The zero-order chi connectivity index (χ0) is 25.5. The van der Waals surface area contributed by atoms with Gasteiger partial charge < -0.3 is 20.7 Å². The molecule has 2 aromatic carbocycles. The van der Waals surface area contributed by atoms with Crippen molar-refractivity contribution < 1.29 is 28.0 Å². The maximum absolute atomic E-state index is 13.3. The lowest BCUT2D eigenvalue weighted by Crippen LogP contribution is -2.43. The summed E-state index contributed by atoms with van der Waals surface area (Å²) >= 11 is 0. The Balaban J connectivity index is 1.81. The number of nitro groups is 1. The number of carbonyl (C=O) groups excluding carboxylic acids is 2. The Hall–Kier alpha value is -3.76. The minimum atomic E-state index is -2.94. The van der Waals surface area contributed by atoms with Crippen molar-refractivity contribution in [3.63, 3.8) is 0 Å². The fraction of sp³-hybridized carbons (Fsp3) is 0.417. The van der Waals surface area contributed by atoms with Crippen LogP contribution in [0.3, 0.4) is 0 Å². The number of nitrogens with one attached hydrogen (secondary N) is 3. The van der Waals surface area contributed by atoms with E-state index in [1.807, 2.05) is 6.92 Å². The van der Waals surface area contributed by atoms with E-state index in [1.165, 1.54) is 30.3 Å². The number of nitro benzene ring substituents is 1. The minimum Gasteiger partial charge on any atom is -0.435 e. The number of anilines is 1. The molecule has 9 nitrogen and oxygen atoms in total. The molecule has 3 rings (SSSR count). The highest BCUT2D eigenvalue weighted by molar-refractivity contribution is 6.02. The van der Waals surface area contributed by atoms with Crippen molar-refractivity contribution in [1.82, 2.24) is 10.6 Å². The van der Waals surface area contributed by atoms with Gasteiger partial charge in [0.05, 0.1) is 16.5 Å². The van der Waals surface area contributed by atoms with Gasteiger partial charge in [-0.25, -0.2) is 0 Å². The number of halogens is 2. The molecule has 0 aromatic heterocycles. The first-order valence-corrected chi connectivity index (χ1v) is 11.3. The molecule has 0 saturated heterocycles. The Morgan fingerprint density at radius 1 is 1.17 bits per heavy atom. The van der Waals surface area contributed by atoms with Gasteiger partial charge in [0.2, 0.25) is 5.91 Å². The molecule has 3 N–H and O–H groups in total. The van der Waals surface area contributed by atoms with Gasteiger partial charge in [-0.05, 0) is 43.0 Å². The average molecular weight is 491 g/mol. The first-order chi connectivity index (χ1) is 16.7. The van der Waals surface area contributed by atoms with Crippen LogP contribution in [0.15, 0.2) is 42.5 Å². The van der Waals surface area contributed by atoms with Crippen molar-refractivity contribution in [2.75, 3.05) is 12.4 Å². The standard InChI is InChI=1S/C24H28F2N4O5/c1-3-5-19(14-8-10-17(11-9-14)35-24(25)26)29-23(32)18-6-4-7-20(30(33)34)21(18)28-16-12-15(13-16)22(31)27-2/h4,6-11,15-16,19,24,28H,3,5,12-13H2,1-2H3,(H,27,31)(H,29,32)/t15?,16?,19-/m0/s1.